The van der Waals surface area contributed by atoms with Gasteiger partial charge in [0.1, 0.15) is 0 Å². The minimum absolute atomic E-state index is 0.332. The molecule has 0 radical (unpaired) electrons. The molecule has 0 aromatic heterocycles. The van der Waals surface area contributed by atoms with Crippen molar-refractivity contribution in [3.05, 3.63) is 23.3 Å². The molecule has 0 aliphatic carbocycles. The number of benzene rings is 1. The Bertz CT molecular complexity index is 467. The molecule has 1 aliphatic heterocycles. The van der Waals surface area contributed by atoms with Crippen LogP contribution in [0.15, 0.2) is 12.1 Å². The average molecular weight is 247 g/mol. The fourth-order valence-electron chi connectivity index (χ4n) is 2.18. The zero-order valence-corrected chi connectivity index (χ0v) is 12.1. The van der Waals surface area contributed by atoms with Crippen LogP contribution in [0.25, 0.3) is 0 Å². The Kier molecular flexibility index (Phi) is 2.99. The second kappa shape index (κ2) is 4.00. The minimum atomic E-state index is -0.381. The highest BCUT2D eigenvalue weighted by Gasteiger charge is 2.52. The summed E-state index contributed by atoms with van der Waals surface area (Å²) in [5.74, 6) is 0. The molecular weight excluding hydrogens is 225 g/mol. The van der Waals surface area contributed by atoms with Gasteiger partial charge in [0.15, 0.2) is 0 Å². The molecule has 18 heavy (non-hydrogen) atoms. The molecule has 2 N–H and O–H groups in total. The third-order valence-electron chi connectivity index (χ3n) is 4.07. The van der Waals surface area contributed by atoms with Crippen LogP contribution in [0.5, 0.6) is 0 Å². The second-order valence-electron chi connectivity index (χ2n) is 6.17. The summed E-state index contributed by atoms with van der Waals surface area (Å²) in [6, 6.07) is 4.12. The van der Waals surface area contributed by atoms with Crippen LogP contribution < -0.4 is 11.2 Å². The van der Waals surface area contributed by atoms with E-state index >= 15 is 0 Å². The fraction of sp³-hybridized carbons (Fsp3) is 0.571. The lowest BCUT2D eigenvalue weighted by molar-refractivity contribution is 0.00578. The molecule has 1 aromatic rings. The molecule has 2 rings (SSSR count). The molecular formula is C14H22BNO2. The van der Waals surface area contributed by atoms with E-state index < -0.39 is 0 Å². The third-order valence-corrected chi connectivity index (χ3v) is 4.07. The van der Waals surface area contributed by atoms with Crippen molar-refractivity contribution >= 4 is 18.3 Å². The molecule has 0 spiro atoms. The van der Waals surface area contributed by atoms with Gasteiger partial charge in [0.25, 0.3) is 0 Å². The molecule has 4 heteroatoms. The molecule has 0 saturated carbocycles. The molecule has 1 aromatic carbocycles. The Hall–Kier alpha value is -0.995. The van der Waals surface area contributed by atoms with Gasteiger partial charge < -0.3 is 15.0 Å². The number of hydrogen-bond acceptors (Lipinski definition) is 3. The van der Waals surface area contributed by atoms with Gasteiger partial charge in [0.05, 0.1) is 11.2 Å². The van der Waals surface area contributed by atoms with E-state index in [0.717, 1.165) is 16.7 Å². The Morgan fingerprint density at radius 1 is 1.00 bits per heavy atom. The molecule has 0 bridgehead atoms. The van der Waals surface area contributed by atoms with Crippen molar-refractivity contribution in [1.82, 2.24) is 0 Å². The maximum Gasteiger partial charge on any atom is 0.496 e. The molecule has 0 unspecified atom stereocenters. The first-order valence-electron chi connectivity index (χ1n) is 6.36. The predicted octanol–water partition coefficient (Wildman–Crippen LogP) is 2.18. The van der Waals surface area contributed by atoms with Crippen molar-refractivity contribution in [1.29, 1.82) is 0 Å². The predicted molar refractivity (Wildman–Crippen MR) is 76.0 cm³/mol. The van der Waals surface area contributed by atoms with Crippen LogP contribution in [0.3, 0.4) is 0 Å². The van der Waals surface area contributed by atoms with Crippen molar-refractivity contribution in [2.75, 3.05) is 5.73 Å². The summed E-state index contributed by atoms with van der Waals surface area (Å²) < 4.78 is 12.1. The first-order valence-corrected chi connectivity index (χ1v) is 6.36. The van der Waals surface area contributed by atoms with Crippen LogP contribution in [0, 0.1) is 13.8 Å². The molecule has 1 saturated heterocycles. The Morgan fingerprint density at radius 3 is 2.00 bits per heavy atom. The lowest BCUT2D eigenvalue weighted by Gasteiger charge is -2.32. The lowest BCUT2D eigenvalue weighted by Crippen LogP contribution is -2.41. The van der Waals surface area contributed by atoms with Gasteiger partial charge >= 0.3 is 7.12 Å². The highest BCUT2D eigenvalue weighted by Crippen LogP contribution is 2.37. The van der Waals surface area contributed by atoms with E-state index in [2.05, 4.69) is 13.0 Å². The normalized spacial score (nSPS) is 21.3. The van der Waals surface area contributed by atoms with Gasteiger partial charge in [-0.1, -0.05) is 17.7 Å². The summed E-state index contributed by atoms with van der Waals surface area (Å²) in [5.41, 5.74) is 9.43. The maximum atomic E-state index is 6.15. The lowest BCUT2D eigenvalue weighted by atomic mass is 9.76. The monoisotopic (exact) mass is 247 g/mol. The molecule has 0 amide bonds. The molecule has 1 fully saturated rings. The van der Waals surface area contributed by atoms with Crippen LogP contribution in [0.2, 0.25) is 0 Å². The van der Waals surface area contributed by atoms with Crippen molar-refractivity contribution in [3.8, 4) is 0 Å². The minimum Gasteiger partial charge on any atom is -0.399 e. The van der Waals surface area contributed by atoms with Gasteiger partial charge in [-0.25, -0.2) is 0 Å². The molecule has 3 nitrogen and oxygen atoms in total. The van der Waals surface area contributed by atoms with Gasteiger partial charge in [0, 0.05) is 11.2 Å². The third kappa shape index (κ3) is 2.04. The quantitative estimate of drug-likeness (QED) is 0.611. The largest absolute Gasteiger partial charge is 0.496 e. The van der Waals surface area contributed by atoms with Gasteiger partial charge in [-0.15, -0.1) is 0 Å². The Balaban J connectivity index is 2.41. The van der Waals surface area contributed by atoms with Crippen LogP contribution in [-0.4, -0.2) is 18.3 Å². The number of anilines is 1. The van der Waals surface area contributed by atoms with Gasteiger partial charge in [-0.2, -0.15) is 0 Å². The van der Waals surface area contributed by atoms with E-state index in [0.29, 0.717) is 0 Å². The van der Waals surface area contributed by atoms with Crippen LogP contribution >= 0.6 is 0 Å². The molecule has 98 valence electrons. The average Bonchev–Trinajstić information content (AvgIpc) is 2.42. The summed E-state index contributed by atoms with van der Waals surface area (Å²) in [7, 11) is -0.381. The van der Waals surface area contributed by atoms with E-state index in [1.807, 2.05) is 40.7 Å². The van der Waals surface area contributed by atoms with Gasteiger partial charge in [0.2, 0.25) is 0 Å². The number of aryl methyl sites for hydroxylation is 2. The van der Waals surface area contributed by atoms with E-state index in [4.69, 9.17) is 15.0 Å². The zero-order chi connectivity index (χ0) is 13.7. The van der Waals surface area contributed by atoms with Gasteiger partial charge in [-0.05, 0) is 47.1 Å². The summed E-state index contributed by atoms with van der Waals surface area (Å²) in [4.78, 5) is 0. The zero-order valence-electron chi connectivity index (χ0n) is 12.1. The molecule has 1 heterocycles. The fourth-order valence-corrected chi connectivity index (χ4v) is 2.18. The molecule has 1 aliphatic rings. The second-order valence-corrected chi connectivity index (χ2v) is 6.17. The van der Waals surface area contributed by atoms with E-state index in [9.17, 15) is 0 Å². The maximum absolute atomic E-state index is 6.15. The first-order chi connectivity index (χ1) is 8.14. The van der Waals surface area contributed by atoms with Crippen molar-refractivity contribution in [2.24, 2.45) is 0 Å². The van der Waals surface area contributed by atoms with E-state index in [-0.39, 0.29) is 18.3 Å². The number of hydrogen-bond donors (Lipinski definition) is 1. The number of rotatable bonds is 1. The van der Waals surface area contributed by atoms with Crippen molar-refractivity contribution < 1.29 is 9.31 Å². The van der Waals surface area contributed by atoms with Crippen LogP contribution in [0.1, 0.15) is 38.8 Å². The first kappa shape index (κ1) is 13.4. The van der Waals surface area contributed by atoms with Gasteiger partial charge in [-0.3, -0.25) is 0 Å². The summed E-state index contributed by atoms with van der Waals surface area (Å²) in [6.07, 6.45) is 0. The standard InChI is InChI=1S/C14H22BNO2/c1-9-7-10(2)12(16)11(8-9)15-17-13(3,4)14(5,6)18-15/h7-8H,16H2,1-6H3. The highest BCUT2D eigenvalue weighted by atomic mass is 16.7. The summed E-state index contributed by atoms with van der Waals surface area (Å²) in [5, 5.41) is 0. The van der Waals surface area contributed by atoms with Crippen molar-refractivity contribution in [3.63, 3.8) is 0 Å². The van der Waals surface area contributed by atoms with Crippen LogP contribution in [-0.2, 0) is 9.31 Å². The van der Waals surface area contributed by atoms with E-state index in [1.54, 1.807) is 0 Å². The van der Waals surface area contributed by atoms with Crippen molar-refractivity contribution in [2.45, 2.75) is 52.7 Å². The SMILES string of the molecule is Cc1cc(C)c(N)c(B2OC(C)(C)C(C)(C)O2)c1. The van der Waals surface area contributed by atoms with Crippen LogP contribution in [0.4, 0.5) is 5.69 Å². The Labute approximate surface area is 110 Å². The van der Waals surface area contributed by atoms with E-state index in [1.165, 1.54) is 5.56 Å². The Morgan fingerprint density at radius 2 is 1.50 bits per heavy atom. The summed E-state index contributed by atoms with van der Waals surface area (Å²) >= 11 is 0. The number of nitrogen functional groups attached to an aromatic ring is 1. The number of nitrogens with two attached hydrogens (primary N) is 1. The topological polar surface area (TPSA) is 44.5 Å². The highest BCUT2D eigenvalue weighted by molar-refractivity contribution is 6.64. The summed E-state index contributed by atoms with van der Waals surface area (Å²) in [6.45, 7) is 12.3. The molecule has 0 atom stereocenters. The smallest absolute Gasteiger partial charge is 0.399 e.